The predicted octanol–water partition coefficient (Wildman–Crippen LogP) is 3.91. The first-order chi connectivity index (χ1) is 15.4. The Morgan fingerprint density at radius 1 is 1.09 bits per heavy atom. The fourth-order valence-corrected chi connectivity index (χ4v) is 4.71. The largest absolute Gasteiger partial charge is 0.354 e. The number of likely N-dealkylation sites (N-methyl/N-ethyl adjacent to an activating group) is 1. The van der Waals surface area contributed by atoms with Crippen LogP contribution in [0.3, 0.4) is 0 Å². The number of hydrogen-bond donors (Lipinski definition) is 1. The zero-order chi connectivity index (χ0) is 24.8. The third-order valence-electron chi connectivity index (χ3n) is 4.97. The van der Waals surface area contributed by atoms with Crippen LogP contribution in [-0.2, 0) is 26.2 Å². The van der Waals surface area contributed by atoms with Gasteiger partial charge >= 0.3 is 0 Å². The number of hydrogen-bond acceptors (Lipinski definition) is 4. The van der Waals surface area contributed by atoms with Gasteiger partial charge in [0.15, 0.2) is 0 Å². The van der Waals surface area contributed by atoms with Crippen LogP contribution in [0.5, 0.6) is 0 Å². The lowest BCUT2D eigenvalue weighted by atomic mass is 10.1. The molecular weight excluding hydrogens is 530 g/mol. The monoisotopic (exact) mass is 557 g/mol. The van der Waals surface area contributed by atoms with Crippen LogP contribution in [-0.4, -0.2) is 55.6 Å². The lowest BCUT2D eigenvalue weighted by Gasteiger charge is -2.30. The van der Waals surface area contributed by atoms with Crippen LogP contribution in [0, 0.1) is 5.92 Å². The number of rotatable bonds is 10. The van der Waals surface area contributed by atoms with E-state index in [1.165, 1.54) is 36.2 Å². The smallest absolute Gasteiger partial charge is 0.243 e. The summed E-state index contributed by atoms with van der Waals surface area (Å²) in [5.74, 6) is -0.525. The number of carbonyl (C=O) groups is 2. The van der Waals surface area contributed by atoms with Crippen molar-refractivity contribution in [3.8, 4) is 0 Å². The Morgan fingerprint density at radius 2 is 1.73 bits per heavy atom. The highest BCUT2D eigenvalue weighted by molar-refractivity contribution is 9.10. The molecule has 7 nitrogen and oxygen atoms in total. The number of nitrogens with zero attached hydrogens (tertiary/aromatic N) is 2. The molecule has 2 rings (SSSR count). The predicted molar refractivity (Wildman–Crippen MR) is 133 cm³/mol. The minimum Gasteiger partial charge on any atom is -0.354 e. The number of nitrogens with one attached hydrogen (secondary N) is 1. The average molecular weight is 559 g/mol. The van der Waals surface area contributed by atoms with Gasteiger partial charge in [-0.1, -0.05) is 53.5 Å². The van der Waals surface area contributed by atoms with E-state index < -0.39 is 28.5 Å². The van der Waals surface area contributed by atoms with Crippen LogP contribution in [0.25, 0.3) is 0 Å². The van der Waals surface area contributed by atoms with Gasteiger partial charge in [-0.05, 0) is 54.8 Å². The fourth-order valence-electron chi connectivity index (χ4n) is 3.02. The first-order valence-electron chi connectivity index (χ1n) is 10.5. The van der Waals surface area contributed by atoms with Crippen LogP contribution >= 0.6 is 27.5 Å². The highest BCUT2D eigenvalue weighted by Crippen LogP contribution is 2.19. The van der Waals surface area contributed by atoms with Crippen molar-refractivity contribution < 1.29 is 18.0 Å². The van der Waals surface area contributed by atoms with E-state index in [1.54, 1.807) is 6.92 Å². The third kappa shape index (κ3) is 7.81. The number of amides is 2. The Bertz CT molecular complexity index is 1080. The molecule has 0 radical (unpaired) electrons. The van der Waals surface area contributed by atoms with Crippen molar-refractivity contribution in [2.75, 3.05) is 20.1 Å². The van der Waals surface area contributed by atoms with Crippen molar-refractivity contribution in [2.24, 2.45) is 5.92 Å². The lowest BCUT2D eigenvalue weighted by Crippen LogP contribution is -2.51. The van der Waals surface area contributed by atoms with Crippen molar-refractivity contribution in [1.82, 2.24) is 14.5 Å². The Labute approximate surface area is 209 Å². The van der Waals surface area contributed by atoms with Gasteiger partial charge in [-0.25, -0.2) is 8.42 Å². The zero-order valence-corrected chi connectivity index (χ0v) is 22.2. The standard InChI is InChI=1S/C23H29BrClN3O4S/c1-16(2)13-26-23(30)17(3)28(14-18-6-5-7-19(24)12-18)22(29)15-27(4)33(31,32)21-10-8-20(25)9-11-21/h5-12,16-17H,13-15H2,1-4H3,(H,26,30)/t17-/m1/s1. The summed E-state index contributed by atoms with van der Waals surface area (Å²) in [7, 11) is -2.58. The van der Waals surface area contributed by atoms with Gasteiger partial charge in [0.25, 0.3) is 0 Å². The topological polar surface area (TPSA) is 86.8 Å². The van der Waals surface area contributed by atoms with Crippen LogP contribution in [0.2, 0.25) is 5.02 Å². The molecular formula is C23H29BrClN3O4S. The summed E-state index contributed by atoms with van der Waals surface area (Å²) < 4.78 is 27.6. The molecule has 10 heteroatoms. The number of carbonyl (C=O) groups excluding carboxylic acids is 2. The molecule has 2 aromatic carbocycles. The first-order valence-corrected chi connectivity index (χ1v) is 13.1. The normalized spacial score (nSPS) is 12.6. The minimum absolute atomic E-state index is 0.0310. The van der Waals surface area contributed by atoms with Crippen LogP contribution in [0.15, 0.2) is 57.9 Å². The van der Waals surface area contributed by atoms with E-state index in [4.69, 9.17) is 11.6 Å². The number of benzene rings is 2. The van der Waals surface area contributed by atoms with Crippen molar-refractivity contribution in [3.63, 3.8) is 0 Å². The third-order valence-corrected chi connectivity index (χ3v) is 7.54. The molecule has 2 amide bonds. The maximum Gasteiger partial charge on any atom is 0.243 e. The van der Waals surface area contributed by atoms with Gasteiger partial charge in [-0.3, -0.25) is 9.59 Å². The number of halogens is 2. The molecule has 0 aliphatic heterocycles. The maximum absolute atomic E-state index is 13.3. The van der Waals surface area contributed by atoms with Gasteiger partial charge in [0.1, 0.15) is 6.04 Å². The van der Waals surface area contributed by atoms with Gasteiger partial charge in [-0.15, -0.1) is 0 Å². The molecule has 0 saturated carbocycles. The first kappa shape index (κ1) is 27.3. The summed E-state index contributed by atoms with van der Waals surface area (Å²) in [6.45, 7) is 5.81. The van der Waals surface area contributed by atoms with E-state index in [-0.39, 0.29) is 23.3 Å². The summed E-state index contributed by atoms with van der Waals surface area (Å²) in [5, 5.41) is 3.25. The van der Waals surface area contributed by atoms with E-state index >= 15 is 0 Å². The molecule has 0 aliphatic rings. The van der Waals surface area contributed by atoms with Crippen LogP contribution in [0.1, 0.15) is 26.3 Å². The molecule has 0 bridgehead atoms. The maximum atomic E-state index is 13.3. The molecule has 2 aromatic rings. The highest BCUT2D eigenvalue weighted by atomic mass is 79.9. The van der Waals surface area contributed by atoms with Crippen molar-refractivity contribution in [1.29, 1.82) is 0 Å². The summed E-state index contributed by atoms with van der Waals surface area (Å²) in [4.78, 5) is 27.4. The van der Waals surface area contributed by atoms with Gasteiger partial charge in [0.05, 0.1) is 11.4 Å². The van der Waals surface area contributed by atoms with E-state index in [9.17, 15) is 18.0 Å². The van der Waals surface area contributed by atoms with Gasteiger partial charge in [0, 0.05) is 29.6 Å². The molecule has 0 unspecified atom stereocenters. The van der Waals surface area contributed by atoms with E-state index in [0.717, 1.165) is 14.3 Å². The lowest BCUT2D eigenvalue weighted by molar-refractivity contribution is -0.140. The number of sulfonamides is 1. The van der Waals surface area contributed by atoms with Crippen LogP contribution in [0.4, 0.5) is 0 Å². The summed E-state index contributed by atoms with van der Waals surface area (Å²) in [6, 6.07) is 12.3. The summed E-state index contributed by atoms with van der Waals surface area (Å²) >= 11 is 9.27. The van der Waals surface area contributed by atoms with E-state index in [1.807, 2.05) is 38.1 Å². The molecule has 1 atom stereocenters. The molecule has 0 aliphatic carbocycles. The van der Waals surface area contributed by atoms with E-state index in [2.05, 4.69) is 21.2 Å². The molecule has 0 spiro atoms. The molecule has 33 heavy (non-hydrogen) atoms. The quantitative estimate of drug-likeness (QED) is 0.479. The minimum atomic E-state index is -3.91. The zero-order valence-electron chi connectivity index (χ0n) is 19.1. The second-order valence-electron chi connectivity index (χ2n) is 8.18. The molecule has 0 aromatic heterocycles. The van der Waals surface area contributed by atoms with Gasteiger partial charge in [-0.2, -0.15) is 4.31 Å². The van der Waals surface area contributed by atoms with E-state index in [0.29, 0.717) is 11.6 Å². The van der Waals surface area contributed by atoms with Crippen LogP contribution < -0.4 is 5.32 Å². The Balaban J connectivity index is 2.25. The van der Waals surface area contributed by atoms with Gasteiger partial charge in [0.2, 0.25) is 21.8 Å². The Hall–Kier alpha value is -1.94. The molecule has 1 N–H and O–H groups in total. The van der Waals surface area contributed by atoms with Gasteiger partial charge < -0.3 is 10.2 Å². The summed E-state index contributed by atoms with van der Waals surface area (Å²) in [6.07, 6.45) is 0. The summed E-state index contributed by atoms with van der Waals surface area (Å²) in [5.41, 5.74) is 0.810. The Morgan fingerprint density at radius 3 is 2.30 bits per heavy atom. The molecule has 0 saturated heterocycles. The highest BCUT2D eigenvalue weighted by Gasteiger charge is 2.30. The molecule has 0 heterocycles. The average Bonchev–Trinajstić information content (AvgIpc) is 2.75. The second-order valence-corrected chi connectivity index (χ2v) is 11.6. The second kappa shape index (κ2) is 12.0. The molecule has 180 valence electrons. The van der Waals surface area contributed by atoms with Crippen molar-refractivity contribution >= 4 is 49.4 Å². The molecule has 0 fully saturated rings. The Kier molecular flexibility index (Phi) is 9.90. The fraction of sp³-hybridized carbons (Fsp3) is 0.391. The van der Waals surface area contributed by atoms with Crippen molar-refractivity contribution in [2.45, 2.75) is 38.3 Å². The SMILES string of the molecule is CC(C)CNC(=O)[C@@H](C)N(Cc1cccc(Br)c1)C(=O)CN(C)S(=O)(=O)c1ccc(Cl)cc1. The van der Waals surface area contributed by atoms with Crippen molar-refractivity contribution in [3.05, 3.63) is 63.6 Å².